The first-order valence-electron chi connectivity index (χ1n) is 4.56. The van der Waals surface area contributed by atoms with Crippen molar-refractivity contribution in [1.82, 2.24) is 5.32 Å². The molecule has 0 unspecified atom stereocenters. The summed E-state index contributed by atoms with van der Waals surface area (Å²) in [5.74, 6) is -0.183. The lowest BCUT2D eigenvalue weighted by Gasteiger charge is -2.07. The van der Waals surface area contributed by atoms with E-state index in [-0.39, 0.29) is 12.1 Å². The zero-order valence-corrected chi connectivity index (χ0v) is 8.63. The summed E-state index contributed by atoms with van der Waals surface area (Å²) >= 11 is 0. The molecule has 1 N–H and O–H groups in total. The van der Waals surface area contributed by atoms with Gasteiger partial charge in [0.25, 0.3) is 0 Å². The molecule has 4 nitrogen and oxygen atoms in total. The Bertz CT molecular complexity index is 137. The summed E-state index contributed by atoms with van der Waals surface area (Å²) in [6.07, 6.45) is 0.681. The van der Waals surface area contributed by atoms with Crippen molar-refractivity contribution in [2.45, 2.75) is 26.4 Å². The summed E-state index contributed by atoms with van der Waals surface area (Å²) in [7, 11) is 1.39. The Hall–Kier alpha value is -0.610. The van der Waals surface area contributed by atoms with Crippen LogP contribution in [0.15, 0.2) is 0 Å². The molecule has 0 aromatic rings. The van der Waals surface area contributed by atoms with Crippen LogP contribution in [0.2, 0.25) is 0 Å². The molecule has 0 heterocycles. The van der Waals surface area contributed by atoms with E-state index in [9.17, 15) is 4.79 Å². The number of nitrogens with one attached hydrogen (secondary N) is 1. The highest BCUT2D eigenvalue weighted by atomic mass is 16.5. The molecule has 78 valence electrons. The average Bonchev–Trinajstić information content (AvgIpc) is 2.10. The third-order valence-electron chi connectivity index (χ3n) is 1.46. The van der Waals surface area contributed by atoms with Crippen LogP contribution >= 0.6 is 0 Å². The highest BCUT2D eigenvalue weighted by molar-refractivity contribution is 5.69. The molecule has 0 aromatic heterocycles. The van der Waals surface area contributed by atoms with Gasteiger partial charge in [0.1, 0.15) is 0 Å². The van der Waals surface area contributed by atoms with Crippen molar-refractivity contribution in [3.63, 3.8) is 0 Å². The van der Waals surface area contributed by atoms with Gasteiger partial charge in [-0.3, -0.25) is 4.79 Å². The largest absolute Gasteiger partial charge is 0.469 e. The molecule has 0 bridgehead atoms. The molecule has 0 radical (unpaired) electrons. The van der Waals surface area contributed by atoms with Gasteiger partial charge in [0.2, 0.25) is 0 Å². The van der Waals surface area contributed by atoms with Crippen molar-refractivity contribution in [3.05, 3.63) is 0 Å². The third kappa shape index (κ3) is 9.30. The molecule has 0 aliphatic carbocycles. The molecule has 0 aliphatic heterocycles. The van der Waals surface area contributed by atoms with Crippen molar-refractivity contribution < 1.29 is 14.3 Å². The van der Waals surface area contributed by atoms with Crippen molar-refractivity contribution >= 4 is 5.97 Å². The maximum absolute atomic E-state index is 10.7. The van der Waals surface area contributed by atoms with Crippen LogP contribution in [-0.2, 0) is 14.3 Å². The van der Waals surface area contributed by atoms with Crippen LogP contribution in [0.1, 0.15) is 20.3 Å². The van der Waals surface area contributed by atoms with Gasteiger partial charge in [-0.05, 0) is 13.8 Å². The second kappa shape index (κ2) is 8.01. The van der Waals surface area contributed by atoms with E-state index in [1.807, 2.05) is 13.8 Å². The minimum absolute atomic E-state index is 0.183. The number of rotatable bonds is 7. The summed E-state index contributed by atoms with van der Waals surface area (Å²) in [4.78, 5) is 10.7. The lowest BCUT2D eigenvalue weighted by Crippen LogP contribution is -2.24. The molecule has 0 spiro atoms. The van der Waals surface area contributed by atoms with Gasteiger partial charge >= 0.3 is 5.97 Å². The second-order valence-corrected chi connectivity index (χ2v) is 3.00. The fourth-order valence-corrected chi connectivity index (χ4v) is 0.784. The molecule has 0 atom stereocenters. The van der Waals surface area contributed by atoms with Crippen molar-refractivity contribution in [2.24, 2.45) is 0 Å². The predicted molar refractivity (Wildman–Crippen MR) is 50.6 cm³/mol. The first-order valence-corrected chi connectivity index (χ1v) is 4.56. The number of carbonyl (C=O) groups excluding carboxylic acids is 1. The number of carbonyl (C=O) groups is 1. The van der Waals surface area contributed by atoms with E-state index >= 15 is 0 Å². The fraction of sp³-hybridized carbons (Fsp3) is 0.889. The highest BCUT2D eigenvalue weighted by Gasteiger charge is 1.98. The molecule has 0 aromatic carbocycles. The Balaban J connectivity index is 3.04. The van der Waals surface area contributed by atoms with Gasteiger partial charge in [-0.1, -0.05) is 0 Å². The molecule has 0 aliphatic rings. The van der Waals surface area contributed by atoms with E-state index in [2.05, 4.69) is 10.1 Å². The molecule has 4 heteroatoms. The number of hydrogen-bond donors (Lipinski definition) is 1. The number of ether oxygens (including phenoxy) is 2. The molecule has 0 fully saturated rings. The second-order valence-electron chi connectivity index (χ2n) is 3.00. The smallest absolute Gasteiger partial charge is 0.306 e. The number of esters is 1. The Kier molecular flexibility index (Phi) is 7.63. The normalized spacial score (nSPS) is 10.5. The van der Waals surface area contributed by atoms with E-state index in [1.54, 1.807) is 0 Å². The minimum atomic E-state index is -0.183. The molecular formula is C9H19NO3. The summed E-state index contributed by atoms with van der Waals surface area (Å²) in [6, 6.07) is 0. The van der Waals surface area contributed by atoms with Gasteiger partial charge in [-0.25, -0.2) is 0 Å². The van der Waals surface area contributed by atoms with Crippen LogP contribution in [0.3, 0.4) is 0 Å². The van der Waals surface area contributed by atoms with Crippen LogP contribution in [0.5, 0.6) is 0 Å². The summed E-state index contributed by atoms with van der Waals surface area (Å²) in [5, 5.41) is 3.08. The monoisotopic (exact) mass is 189 g/mol. The first kappa shape index (κ1) is 12.4. The predicted octanol–water partition coefficient (Wildman–Crippen LogP) is 0.564. The Morgan fingerprint density at radius 2 is 2.08 bits per heavy atom. The molecule has 0 saturated carbocycles. The number of hydrogen-bond acceptors (Lipinski definition) is 4. The number of methoxy groups -OCH3 is 1. The SMILES string of the molecule is COC(=O)CCNCCOC(C)C. The van der Waals surface area contributed by atoms with Gasteiger partial charge in [-0.15, -0.1) is 0 Å². The summed E-state index contributed by atoms with van der Waals surface area (Å²) in [6.45, 7) is 6.09. The van der Waals surface area contributed by atoms with Crippen LogP contribution in [0.4, 0.5) is 0 Å². The van der Waals surface area contributed by atoms with E-state index in [0.717, 1.165) is 6.54 Å². The van der Waals surface area contributed by atoms with Gasteiger partial charge in [0, 0.05) is 13.1 Å². The standard InChI is InChI=1S/C9H19NO3/c1-8(2)13-7-6-10-5-4-9(11)12-3/h8,10H,4-7H2,1-3H3. The van der Waals surface area contributed by atoms with Crippen LogP contribution in [0, 0.1) is 0 Å². The van der Waals surface area contributed by atoms with Crippen molar-refractivity contribution in [2.75, 3.05) is 26.8 Å². The van der Waals surface area contributed by atoms with E-state index in [4.69, 9.17) is 4.74 Å². The third-order valence-corrected chi connectivity index (χ3v) is 1.46. The quantitative estimate of drug-likeness (QED) is 0.469. The Morgan fingerprint density at radius 1 is 1.38 bits per heavy atom. The molecule has 0 amide bonds. The molecule has 0 saturated heterocycles. The first-order chi connectivity index (χ1) is 6.16. The van der Waals surface area contributed by atoms with Crippen molar-refractivity contribution in [1.29, 1.82) is 0 Å². The van der Waals surface area contributed by atoms with E-state index in [0.29, 0.717) is 19.6 Å². The Labute approximate surface area is 79.6 Å². The summed E-state index contributed by atoms with van der Waals surface area (Å²) in [5.41, 5.74) is 0. The van der Waals surface area contributed by atoms with Crippen LogP contribution in [0.25, 0.3) is 0 Å². The van der Waals surface area contributed by atoms with Gasteiger partial charge in [-0.2, -0.15) is 0 Å². The lowest BCUT2D eigenvalue weighted by atomic mass is 10.4. The van der Waals surface area contributed by atoms with Gasteiger partial charge in [0.15, 0.2) is 0 Å². The Morgan fingerprint density at radius 3 is 2.62 bits per heavy atom. The maximum atomic E-state index is 10.7. The highest BCUT2D eigenvalue weighted by Crippen LogP contribution is 1.85. The average molecular weight is 189 g/mol. The van der Waals surface area contributed by atoms with Crippen molar-refractivity contribution in [3.8, 4) is 0 Å². The van der Waals surface area contributed by atoms with Gasteiger partial charge < -0.3 is 14.8 Å². The topological polar surface area (TPSA) is 47.6 Å². The fourth-order valence-electron chi connectivity index (χ4n) is 0.784. The minimum Gasteiger partial charge on any atom is -0.469 e. The molecular weight excluding hydrogens is 170 g/mol. The van der Waals surface area contributed by atoms with E-state index < -0.39 is 0 Å². The lowest BCUT2D eigenvalue weighted by molar-refractivity contribution is -0.140. The zero-order chi connectivity index (χ0) is 10.1. The van der Waals surface area contributed by atoms with Crippen LogP contribution < -0.4 is 5.32 Å². The molecule has 0 rings (SSSR count). The van der Waals surface area contributed by atoms with E-state index in [1.165, 1.54) is 7.11 Å². The van der Waals surface area contributed by atoms with Gasteiger partial charge in [0.05, 0.1) is 26.2 Å². The summed E-state index contributed by atoms with van der Waals surface area (Å²) < 4.78 is 9.78. The zero-order valence-electron chi connectivity index (χ0n) is 8.63. The van der Waals surface area contributed by atoms with Crippen LogP contribution in [-0.4, -0.2) is 38.9 Å². The maximum Gasteiger partial charge on any atom is 0.306 e. The molecule has 13 heavy (non-hydrogen) atoms.